The Morgan fingerprint density at radius 2 is 1.86 bits per heavy atom. The van der Waals surface area contributed by atoms with Gasteiger partial charge in [0.2, 0.25) is 0 Å². The summed E-state index contributed by atoms with van der Waals surface area (Å²) < 4.78 is 12.7. The molecule has 0 radical (unpaired) electrons. The van der Waals surface area contributed by atoms with Crippen LogP contribution in [0, 0.1) is 6.92 Å². The molecule has 0 atom stereocenters. The quantitative estimate of drug-likeness (QED) is 0.891. The van der Waals surface area contributed by atoms with Crippen molar-refractivity contribution in [3.8, 4) is 11.5 Å². The maximum Gasteiger partial charge on any atom is 0.256 e. The first-order valence-electron chi connectivity index (χ1n) is 7.26. The van der Waals surface area contributed by atoms with Crippen LogP contribution >= 0.6 is 0 Å². The number of ether oxygens (including phenoxy) is 2. The number of anilines is 1. The zero-order valence-electron chi connectivity index (χ0n) is 13.3. The van der Waals surface area contributed by atoms with Gasteiger partial charge in [0.1, 0.15) is 5.82 Å². The molecule has 1 N–H and O–H groups in total. The van der Waals surface area contributed by atoms with Crippen LogP contribution in [-0.2, 0) is 7.05 Å². The molecule has 0 bridgehead atoms. The van der Waals surface area contributed by atoms with Gasteiger partial charge in [0.05, 0.1) is 18.9 Å². The highest BCUT2D eigenvalue weighted by Crippen LogP contribution is 2.28. The summed E-state index contributed by atoms with van der Waals surface area (Å²) in [5.74, 6) is 1.64. The number of benzene rings is 1. The molecule has 0 aliphatic heterocycles. The topological polar surface area (TPSA) is 65.4 Å². The standard InChI is InChI=1S/C16H21N3O3/c1-5-21-13-8-7-12(10-14(13)22-6-2)16(20)17-15-9-11(3)18-19(15)4/h7-10H,5-6H2,1-4H3,(H,17,20). The van der Waals surface area contributed by atoms with Gasteiger partial charge in [-0.05, 0) is 39.0 Å². The van der Waals surface area contributed by atoms with E-state index >= 15 is 0 Å². The van der Waals surface area contributed by atoms with E-state index in [4.69, 9.17) is 9.47 Å². The van der Waals surface area contributed by atoms with Crippen LogP contribution < -0.4 is 14.8 Å². The number of nitrogens with zero attached hydrogens (tertiary/aromatic N) is 2. The lowest BCUT2D eigenvalue weighted by Gasteiger charge is -2.12. The Bertz CT molecular complexity index is 665. The molecule has 1 amide bonds. The van der Waals surface area contributed by atoms with Crippen LogP contribution in [0.25, 0.3) is 0 Å². The number of carbonyl (C=O) groups excluding carboxylic acids is 1. The van der Waals surface area contributed by atoms with Crippen molar-refractivity contribution in [2.24, 2.45) is 7.05 Å². The molecule has 22 heavy (non-hydrogen) atoms. The molecule has 1 heterocycles. The van der Waals surface area contributed by atoms with Crippen molar-refractivity contribution in [1.82, 2.24) is 9.78 Å². The van der Waals surface area contributed by atoms with Gasteiger partial charge in [-0.25, -0.2) is 0 Å². The molecule has 0 saturated carbocycles. The fraction of sp³-hybridized carbons (Fsp3) is 0.375. The van der Waals surface area contributed by atoms with Gasteiger partial charge in [-0.2, -0.15) is 5.10 Å². The summed E-state index contributed by atoms with van der Waals surface area (Å²) >= 11 is 0. The lowest BCUT2D eigenvalue weighted by atomic mass is 10.2. The number of hydrogen-bond acceptors (Lipinski definition) is 4. The third-order valence-corrected chi connectivity index (χ3v) is 3.05. The number of carbonyl (C=O) groups is 1. The van der Waals surface area contributed by atoms with Crippen molar-refractivity contribution in [3.63, 3.8) is 0 Å². The number of aryl methyl sites for hydroxylation is 2. The van der Waals surface area contributed by atoms with Gasteiger partial charge < -0.3 is 14.8 Å². The highest BCUT2D eigenvalue weighted by Gasteiger charge is 2.13. The Kier molecular flexibility index (Phi) is 5.04. The van der Waals surface area contributed by atoms with E-state index in [2.05, 4.69) is 10.4 Å². The van der Waals surface area contributed by atoms with Crippen molar-refractivity contribution in [2.45, 2.75) is 20.8 Å². The van der Waals surface area contributed by atoms with Gasteiger partial charge in [0.25, 0.3) is 5.91 Å². The van der Waals surface area contributed by atoms with Crippen molar-refractivity contribution in [2.75, 3.05) is 18.5 Å². The molecule has 0 unspecified atom stereocenters. The Morgan fingerprint density at radius 3 is 2.45 bits per heavy atom. The minimum atomic E-state index is -0.216. The van der Waals surface area contributed by atoms with E-state index in [1.165, 1.54) is 0 Å². The summed E-state index contributed by atoms with van der Waals surface area (Å²) in [6.07, 6.45) is 0. The lowest BCUT2D eigenvalue weighted by molar-refractivity contribution is 0.102. The third-order valence-electron chi connectivity index (χ3n) is 3.05. The second kappa shape index (κ2) is 6.98. The average Bonchev–Trinajstić information content (AvgIpc) is 2.79. The van der Waals surface area contributed by atoms with Crippen LogP contribution in [0.15, 0.2) is 24.3 Å². The number of hydrogen-bond donors (Lipinski definition) is 1. The maximum absolute atomic E-state index is 12.4. The summed E-state index contributed by atoms with van der Waals surface area (Å²) in [6.45, 7) is 6.72. The highest BCUT2D eigenvalue weighted by atomic mass is 16.5. The minimum Gasteiger partial charge on any atom is -0.490 e. The molecule has 6 nitrogen and oxygen atoms in total. The summed E-state index contributed by atoms with van der Waals surface area (Å²) in [7, 11) is 1.78. The van der Waals surface area contributed by atoms with Crippen molar-refractivity contribution in [1.29, 1.82) is 0 Å². The highest BCUT2D eigenvalue weighted by molar-refractivity contribution is 6.04. The predicted octanol–water partition coefficient (Wildman–Crippen LogP) is 2.78. The van der Waals surface area contributed by atoms with Gasteiger partial charge in [0, 0.05) is 18.7 Å². The van der Waals surface area contributed by atoms with E-state index < -0.39 is 0 Å². The first-order chi connectivity index (χ1) is 10.5. The van der Waals surface area contributed by atoms with Gasteiger partial charge in [-0.15, -0.1) is 0 Å². The van der Waals surface area contributed by atoms with Crippen molar-refractivity contribution >= 4 is 11.7 Å². The summed E-state index contributed by atoms with van der Waals surface area (Å²) in [4.78, 5) is 12.4. The minimum absolute atomic E-state index is 0.216. The number of rotatable bonds is 6. The fourth-order valence-electron chi connectivity index (χ4n) is 2.11. The second-order valence-corrected chi connectivity index (χ2v) is 4.78. The molecule has 0 saturated heterocycles. The number of nitrogens with one attached hydrogen (secondary N) is 1. The van der Waals surface area contributed by atoms with Crippen LogP contribution in [0.4, 0.5) is 5.82 Å². The molecule has 0 spiro atoms. The van der Waals surface area contributed by atoms with Gasteiger partial charge in [-0.3, -0.25) is 9.48 Å². The zero-order valence-corrected chi connectivity index (χ0v) is 13.3. The molecule has 1 aromatic carbocycles. The summed E-state index contributed by atoms with van der Waals surface area (Å²) in [6, 6.07) is 6.97. The molecule has 0 aliphatic carbocycles. The Morgan fingerprint density at radius 1 is 1.18 bits per heavy atom. The normalized spacial score (nSPS) is 10.4. The molecule has 0 fully saturated rings. The molecule has 2 rings (SSSR count). The van der Waals surface area contributed by atoms with Crippen molar-refractivity contribution < 1.29 is 14.3 Å². The Balaban J connectivity index is 2.22. The summed E-state index contributed by atoms with van der Waals surface area (Å²) in [5, 5.41) is 7.03. The molecule has 0 aliphatic rings. The second-order valence-electron chi connectivity index (χ2n) is 4.78. The smallest absolute Gasteiger partial charge is 0.256 e. The van der Waals surface area contributed by atoms with Gasteiger partial charge in [-0.1, -0.05) is 0 Å². The van der Waals surface area contributed by atoms with E-state index in [0.717, 1.165) is 5.69 Å². The van der Waals surface area contributed by atoms with Crippen LogP contribution in [0.1, 0.15) is 29.9 Å². The van der Waals surface area contributed by atoms with Crippen LogP contribution in [0.3, 0.4) is 0 Å². The number of aromatic nitrogens is 2. The van der Waals surface area contributed by atoms with E-state index in [1.54, 1.807) is 29.9 Å². The van der Waals surface area contributed by atoms with Gasteiger partial charge in [0.15, 0.2) is 11.5 Å². The Hall–Kier alpha value is -2.50. The third kappa shape index (κ3) is 3.58. The van der Waals surface area contributed by atoms with E-state index in [1.807, 2.05) is 26.8 Å². The molecule has 2 aromatic rings. The van der Waals surface area contributed by atoms with Crippen LogP contribution in [0.5, 0.6) is 11.5 Å². The fourth-order valence-corrected chi connectivity index (χ4v) is 2.11. The number of amides is 1. The monoisotopic (exact) mass is 303 g/mol. The SMILES string of the molecule is CCOc1ccc(C(=O)Nc2cc(C)nn2C)cc1OCC. The zero-order chi connectivity index (χ0) is 16.1. The molecule has 6 heteroatoms. The van der Waals surface area contributed by atoms with E-state index in [9.17, 15) is 4.79 Å². The van der Waals surface area contributed by atoms with Crippen LogP contribution in [-0.4, -0.2) is 28.9 Å². The van der Waals surface area contributed by atoms with Gasteiger partial charge >= 0.3 is 0 Å². The largest absolute Gasteiger partial charge is 0.490 e. The first-order valence-corrected chi connectivity index (χ1v) is 7.26. The maximum atomic E-state index is 12.4. The predicted molar refractivity (Wildman–Crippen MR) is 84.7 cm³/mol. The Labute approximate surface area is 130 Å². The molecule has 1 aromatic heterocycles. The molecular formula is C16H21N3O3. The van der Waals surface area contributed by atoms with Crippen molar-refractivity contribution in [3.05, 3.63) is 35.5 Å². The lowest BCUT2D eigenvalue weighted by Crippen LogP contribution is -2.14. The molecular weight excluding hydrogens is 282 g/mol. The van der Waals surface area contributed by atoms with E-state index in [-0.39, 0.29) is 5.91 Å². The molecule has 118 valence electrons. The average molecular weight is 303 g/mol. The first kappa shape index (κ1) is 15.9. The van der Waals surface area contributed by atoms with E-state index in [0.29, 0.717) is 36.1 Å². The van der Waals surface area contributed by atoms with Crippen LogP contribution in [0.2, 0.25) is 0 Å². The summed E-state index contributed by atoms with van der Waals surface area (Å²) in [5.41, 5.74) is 1.35.